The van der Waals surface area contributed by atoms with Gasteiger partial charge in [-0.15, -0.1) is 0 Å². The fourth-order valence-corrected chi connectivity index (χ4v) is 3.76. The molecule has 4 nitrogen and oxygen atoms in total. The first-order chi connectivity index (χ1) is 9.68. The van der Waals surface area contributed by atoms with E-state index in [9.17, 15) is 9.18 Å². The summed E-state index contributed by atoms with van der Waals surface area (Å²) in [5.41, 5.74) is -0.455. The minimum atomic E-state index is -0.833. The molecule has 1 saturated carbocycles. The van der Waals surface area contributed by atoms with E-state index in [4.69, 9.17) is 9.47 Å². The number of hydrogen-bond donors (Lipinski definition) is 0. The third kappa shape index (κ3) is 2.03. The number of benzene rings is 1. The Labute approximate surface area is 124 Å². The normalized spacial score (nSPS) is 19.5. The number of halogens is 2. The zero-order valence-corrected chi connectivity index (χ0v) is 12.3. The molecule has 0 aromatic heterocycles. The van der Waals surface area contributed by atoms with E-state index in [1.54, 1.807) is 12.1 Å². The molecule has 1 aliphatic heterocycles. The molecule has 2 aliphatic rings. The second-order valence-electron chi connectivity index (χ2n) is 5.01. The van der Waals surface area contributed by atoms with Crippen LogP contribution in [0.15, 0.2) is 15.5 Å². The molecule has 106 valence electrons. The quantitative estimate of drug-likeness (QED) is 0.611. The molecule has 1 heterocycles. The van der Waals surface area contributed by atoms with Crippen molar-refractivity contribution in [2.75, 3.05) is 13.2 Å². The van der Waals surface area contributed by atoms with E-state index in [0.717, 1.165) is 12.8 Å². The molecule has 0 atom stereocenters. The summed E-state index contributed by atoms with van der Waals surface area (Å²) in [6, 6.07) is 1.69. The Kier molecular flexibility index (Phi) is 3.52. The van der Waals surface area contributed by atoms with Gasteiger partial charge in [0.15, 0.2) is 17.3 Å². The fraction of sp³-hybridized carbons (Fsp3) is 0.500. The summed E-state index contributed by atoms with van der Waals surface area (Å²) in [7, 11) is 0. The lowest BCUT2D eigenvalue weighted by molar-refractivity contribution is 0.163. The third-order valence-corrected chi connectivity index (χ3v) is 4.51. The maximum atomic E-state index is 14.8. The van der Waals surface area contributed by atoms with Gasteiger partial charge in [0.05, 0.1) is 0 Å². The standard InChI is InChI=1S/C14H13BrFNO3/c15-9-7-10-13(20-6-5-19-10)12(16)11(9)14(17-8-18)3-1-2-4-14/h7H,1-6H2. The number of aliphatic imine (C=N–C) groups is 1. The second-order valence-corrected chi connectivity index (χ2v) is 5.87. The lowest BCUT2D eigenvalue weighted by Gasteiger charge is -2.28. The maximum absolute atomic E-state index is 14.8. The first-order valence-corrected chi connectivity index (χ1v) is 7.34. The molecule has 1 aliphatic carbocycles. The van der Waals surface area contributed by atoms with Gasteiger partial charge in [0.25, 0.3) is 0 Å². The van der Waals surface area contributed by atoms with Gasteiger partial charge in [0.1, 0.15) is 18.8 Å². The van der Waals surface area contributed by atoms with Crippen molar-refractivity contribution in [3.05, 3.63) is 21.9 Å². The molecular weight excluding hydrogens is 329 g/mol. The monoisotopic (exact) mass is 341 g/mol. The largest absolute Gasteiger partial charge is 0.486 e. The van der Waals surface area contributed by atoms with E-state index >= 15 is 0 Å². The van der Waals surface area contributed by atoms with E-state index in [1.165, 1.54) is 0 Å². The Morgan fingerprint density at radius 3 is 2.70 bits per heavy atom. The highest BCUT2D eigenvalue weighted by atomic mass is 79.9. The van der Waals surface area contributed by atoms with Gasteiger partial charge < -0.3 is 9.47 Å². The molecule has 0 N–H and O–H groups in total. The number of nitrogens with zero attached hydrogens (tertiary/aromatic N) is 1. The molecule has 20 heavy (non-hydrogen) atoms. The van der Waals surface area contributed by atoms with Crippen molar-refractivity contribution in [3.8, 4) is 11.5 Å². The van der Waals surface area contributed by atoms with Crippen LogP contribution in [0.5, 0.6) is 11.5 Å². The minimum absolute atomic E-state index is 0.113. The van der Waals surface area contributed by atoms with Crippen molar-refractivity contribution < 1.29 is 18.7 Å². The number of hydrogen-bond acceptors (Lipinski definition) is 4. The van der Waals surface area contributed by atoms with Crippen molar-refractivity contribution in [1.29, 1.82) is 0 Å². The van der Waals surface area contributed by atoms with Crippen molar-refractivity contribution in [2.24, 2.45) is 4.99 Å². The van der Waals surface area contributed by atoms with Gasteiger partial charge in [0.2, 0.25) is 6.08 Å². The number of ether oxygens (including phenoxy) is 2. The van der Waals surface area contributed by atoms with E-state index < -0.39 is 11.4 Å². The zero-order chi connectivity index (χ0) is 14.2. The van der Waals surface area contributed by atoms with Crippen molar-refractivity contribution in [2.45, 2.75) is 31.2 Å². The van der Waals surface area contributed by atoms with Crippen LogP contribution in [0.2, 0.25) is 0 Å². The van der Waals surface area contributed by atoms with Crippen LogP contribution < -0.4 is 9.47 Å². The summed E-state index contributed by atoms with van der Waals surface area (Å²) >= 11 is 3.38. The topological polar surface area (TPSA) is 47.9 Å². The molecular formula is C14H13BrFNO3. The van der Waals surface area contributed by atoms with Gasteiger partial charge >= 0.3 is 0 Å². The summed E-state index contributed by atoms with van der Waals surface area (Å²) in [6.07, 6.45) is 4.69. The minimum Gasteiger partial charge on any atom is -0.486 e. The molecule has 0 spiro atoms. The highest BCUT2D eigenvalue weighted by molar-refractivity contribution is 9.10. The summed E-state index contributed by atoms with van der Waals surface area (Å²) in [4.78, 5) is 14.7. The van der Waals surface area contributed by atoms with Crippen molar-refractivity contribution in [3.63, 3.8) is 0 Å². The molecule has 0 unspecified atom stereocenters. The third-order valence-electron chi connectivity index (χ3n) is 3.88. The fourth-order valence-electron chi connectivity index (χ4n) is 3.01. The number of fused-ring (bicyclic) bond motifs is 1. The molecule has 0 saturated heterocycles. The van der Waals surface area contributed by atoms with Crippen LogP contribution in [0.1, 0.15) is 31.2 Å². The van der Waals surface area contributed by atoms with Crippen molar-refractivity contribution >= 4 is 22.0 Å². The van der Waals surface area contributed by atoms with Crippen LogP contribution in [-0.4, -0.2) is 19.3 Å². The van der Waals surface area contributed by atoms with Gasteiger partial charge in [0, 0.05) is 10.0 Å². The SMILES string of the molecule is O=C=NC1(c2c(Br)cc3c(c2F)OCCO3)CCCC1. The van der Waals surface area contributed by atoms with Crippen molar-refractivity contribution in [1.82, 2.24) is 0 Å². The predicted octanol–water partition coefficient (Wildman–Crippen LogP) is 3.46. The average molecular weight is 342 g/mol. The van der Waals surface area contributed by atoms with Gasteiger partial charge in [-0.05, 0) is 18.9 Å². The summed E-state index contributed by atoms with van der Waals surface area (Å²) in [6.45, 7) is 0.713. The molecule has 0 radical (unpaired) electrons. The van der Waals surface area contributed by atoms with Gasteiger partial charge in [-0.25, -0.2) is 9.18 Å². The summed E-state index contributed by atoms with van der Waals surface area (Å²) in [5, 5.41) is 0. The first-order valence-electron chi connectivity index (χ1n) is 6.55. The number of rotatable bonds is 2. The molecule has 1 aromatic carbocycles. The Morgan fingerprint density at radius 1 is 1.30 bits per heavy atom. The number of isocyanates is 1. The van der Waals surface area contributed by atoms with Crippen LogP contribution in [-0.2, 0) is 10.3 Å². The number of carbonyl (C=O) groups excluding carboxylic acids is 1. The van der Waals surface area contributed by atoms with Crippen LogP contribution >= 0.6 is 15.9 Å². The van der Waals surface area contributed by atoms with E-state index in [1.807, 2.05) is 0 Å². The summed E-state index contributed by atoms with van der Waals surface area (Å²) in [5.74, 6) is 0.00408. The molecule has 0 amide bonds. The smallest absolute Gasteiger partial charge is 0.235 e. The average Bonchev–Trinajstić information content (AvgIpc) is 2.88. The first kappa shape index (κ1) is 13.6. The van der Waals surface area contributed by atoms with Crippen LogP contribution in [0, 0.1) is 5.82 Å². The molecule has 6 heteroatoms. The maximum Gasteiger partial charge on any atom is 0.235 e. The van der Waals surface area contributed by atoms with Gasteiger partial charge in [-0.1, -0.05) is 28.8 Å². The second kappa shape index (κ2) is 5.19. The van der Waals surface area contributed by atoms with Gasteiger partial charge in [-0.2, -0.15) is 4.99 Å². The van der Waals surface area contributed by atoms with E-state index in [0.29, 0.717) is 41.8 Å². The Bertz CT molecular complexity index is 593. The van der Waals surface area contributed by atoms with Crippen LogP contribution in [0.4, 0.5) is 4.39 Å². The predicted molar refractivity (Wildman–Crippen MR) is 73.4 cm³/mol. The lowest BCUT2D eigenvalue weighted by Crippen LogP contribution is -2.24. The Morgan fingerprint density at radius 2 is 2.00 bits per heavy atom. The molecule has 3 rings (SSSR count). The zero-order valence-electron chi connectivity index (χ0n) is 10.7. The Balaban J connectivity index is 2.20. The summed E-state index contributed by atoms with van der Waals surface area (Å²) < 4.78 is 26.1. The highest BCUT2D eigenvalue weighted by Crippen LogP contribution is 2.50. The van der Waals surface area contributed by atoms with E-state index in [2.05, 4.69) is 20.9 Å². The molecule has 1 fully saturated rings. The van der Waals surface area contributed by atoms with Gasteiger partial charge in [-0.3, -0.25) is 0 Å². The lowest BCUT2D eigenvalue weighted by atomic mass is 9.88. The molecule has 0 bridgehead atoms. The molecule has 1 aromatic rings. The Hall–Kier alpha value is -1.39. The van der Waals surface area contributed by atoms with E-state index in [-0.39, 0.29) is 5.75 Å². The highest BCUT2D eigenvalue weighted by Gasteiger charge is 2.41. The van der Waals surface area contributed by atoms with Crippen LogP contribution in [0.3, 0.4) is 0 Å². The van der Waals surface area contributed by atoms with Crippen LogP contribution in [0.25, 0.3) is 0 Å².